The summed E-state index contributed by atoms with van der Waals surface area (Å²) in [5, 5.41) is 0. The van der Waals surface area contributed by atoms with E-state index in [1.54, 1.807) is 35.2 Å². The molecule has 1 fully saturated rings. The highest BCUT2D eigenvalue weighted by Gasteiger charge is 2.30. The number of furan rings is 1. The molecule has 1 aromatic carbocycles. The van der Waals surface area contributed by atoms with Gasteiger partial charge in [0.15, 0.2) is 0 Å². The van der Waals surface area contributed by atoms with Crippen LogP contribution in [0.25, 0.3) is 0 Å². The first kappa shape index (κ1) is 17.5. The van der Waals surface area contributed by atoms with E-state index >= 15 is 0 Å². The number of rotatable bonds is 5. The third-order valence-corrected chi connectivity index (χ3v) is 5.98. The van der Waals surface area contributed by atoms with Gasteiger partial charge in [-0.15, -0.1) is 0 Å². The van der Waals surface area contributed by atoms with Crippen LogP contribution in [0.4, 0.5) is 0 Å². The number of ether oxygens (including phenoxy) is 1. The van der Waals surface area contributed by atoms with Gasteiger partial charge in [0.2, 0.25) is 10.0 Å². The number of piperazine rings is 1. The number of sulfonamides is 1. The highest BCUT2D eigenvalue weighted by Crippen LogP contribution is 2.21. The Bertz CT molecular complexity index is 807. The van der Waals surface area contributed by atoms with Crippen LogP contribution in [-0.4, -0.2) is 56.3 Å². The van der Waals surface area contributed by atoms with Crippen molar-refractivity contribution in [2.24, 2.45) is 0 Å². The molecule has 7 nitrogen and oxygen atoms in total. The van der Waals surface area contributed by atoms with Gasteiger partial charge in [0.1, 0.15) is 12.0 Å². The van der Waals surface area contributed by atoms with Gasteiger partial charge >= 0.3 is 0 Å². The number of hydrogen-bond acceptors (Lipinski definition) is 5. The summed E-state index contributed by atoms with van der Waals surface area (Å²) in [6, 6.07) is 7.99. The Kier molecular flexibility index (Phi) is 5.10. The second-order valence-electron chi connectivity index (χ2n) is 5.61. The summed E-state index contributed by atoms with van der Waals surface area (Å²) < 4.78 is 37.1. The van der Waals surface area contributed by atoms with Crippen molar-refractivity contribution >= 4 is 15.9 Å². The summed E-state index contributed by atoms with van der Waals surface area (Å²) in [7, 11) is -3.58. The molecule has 2 heterocycles. The summed E-state index contributed by atoms with van der Waals surface area (Å²) in [5.74, 6) is 0.490. The topological polar surface area (TPSA) is 80.1 Å². The highest BCUT2D eigenvalue weighted by atomic mass is 32.2. The molecule has 1 aromatic heterocycles. The van der Waals surface area contributed by atoms with E-state index in [1.165, 1.54) is 16.8 Å². The van der Waals surface area contributed by atoms with E-state index in [4.69, 9.17) is 9.15 Å². The molecule has 0 saturated carbocycles. The minimum atomic E-state index is -3.58. The van der Waals surface area contributed by atoms with Gasteiger partial charge in [0, 0.05) is 26.2 Å². The van der Waals surface area contributed by atoms with Crippen molar-refractivity contribution in [1.82, 2.24) is 9.21 Å². The maximum absolute atomic E-state index is 12.7. The summed E-state index contributed by atoms with van der Waals surface area (Å²) >= 11 is 0. The van der Waals surface area contributed by atoms with E-state index in [-0.39, 0.29) is 23.9 Å². The lowest BCUT2D eigenvalue weighted by atomic mass is 10.2. The quantitative estimate of drug-likeness (QED) is 0.809. The zero-order valence-electron chi connectivity index (χ0n) is 13.9. The number of carbonyl (C=O) groups excluding carboxylic acids is 1. The van der Waals surface area contributed by atoms with Crippen LogP contribution in [0.2, 0.25) is 0 Å². The minimum Gasteiger partial charge on any atom is -0.494 e. The van der Waals surface area contributed by atoms with Crippen molar-refractivity contribution < 1.29 is 22.4 Å². The van der Waals surface area contributed by atoms with Crippen LogP contribution in [-0.2, 0) is 10.0 Å². The van der Waals surface area contributed by atoms with Crippen molar-refractivity contribution in [3.63, 3.8) is 0 Å². The van der Waals surface area contributed by atoms with E-state index in [0.717, 1.165) is 0 Å². The molecule has 1 saturated heterocycles. The Balaban J connectivity index is 1.66. The van der Waals surface area contributed by atoms with Crippen LogP contribution in [0, 0.1) is 0 Å². The molecule has 0 unspecified atom stereocenters. The predicted octanol–water partition coefficient (Wildman–Crippen LogP) is 1.83. The summed E-state index contributed by atoms with van der Waals surface area (Å²) in [6.45, 7) is 3.62. The number of hydrogen-bond donors (Lipinski definition) is 0. The van der Waals surface area contributed by atoms with Gasteiger partial charge in [-0.3, -0.25) is 4.79 Å². The fourth-order valence-corrected chi connectivity index (χ4v) is 4.15. The van der Waals surface area contributed by atoms with Crippen LogP contribution < -0.4 is 4.74 Å². The average molecular weight is 364 g/mol. The fourth-order valence-electron chi connectivity index (χ4n) is 2.72. The number of carbonyl (C=O) groups is 1. The Morgan fingerprint density at radius 1 is 1.12 bits per heavy atom. The molecule has 0 aliphatic carbocycles. The molecule has 1 amide bonds. The number of amides is 1. The molecule has 0 atom stereocenters. The van der Waals surface area contributed by atoms with Crippen molar-refractivity contribution in [1.29, 1.82) is 0 Å². The van der Waals surface area contributed by atoms with Crippen LogP contribution >= 0.6 is 0 Å². The van der Waals surface area contributed by atoms with Crippen LogP contribution in [0.1, 0.15) is 17.3 Å². The van der Waals surface area contributed by atoms with Crippen LogP contribution in [0.5, 0.6) is 5.75 Å². The molecule has 25 heavy (non-hydrogen) atoms. The molecule has 8 heteroatoms. The second kappa shape index (κ2) is 7.28. The lowest BCUT2D eigenvalue weighted by Gasteiger charge is -2.33. The van der Waals surface area contributed by atoms with Gasteiger partial charge in [0.25, 0.3) is 5.91 Å². The third-order valence-electron chi connectivity index (χ3n) is 4.07. The van der Waals surface area contributed by atoms with E-state index in [0.29, 0.717) is 31.0 Å². The zero-order valence-corrected chi connectivity index (χ0v) is 14.7. The van der Waals surface area contributed by atoms with Crippen molar-refractivity contribution in [3.8, 4) is 5.75 Å². The zero-order chi connectivity index (χ0) is 17.9. The van der Waals surface area contributed by atoms with Crippen LogP contribution in [0.3, 0.4) is 0 Å². The maximum Gasteiger partial charge on any atom is 0.257 e. The summed E-state index contributed by atoms with van der Waals surface area (Å²) in [5.41, 5.74) is 0.475. The largest absolute Gasteiger partial charge is 0.494 e. The summed E-state index contributed by atoms with van der Waals surface area (Å²) in [4.78, 5) is 14.1. The first-order valence-electron chi connectivity index (χ1n) is 8.07. The number of nitrogens with zero attached hydrogens (tertiary/aromatic N) is 2. The average Bonchev–Trinajstić information content (AvgIpc) is 3.17. The monoisotopic (exact) mass is 364 g/mol. The highest BCUT2D eigenvalue weighted by molar-refractivity contribution is 7.89. The Labute approximate surface area is 146 Å². The second-order valence-corrected chi connectivity index (χ2v) is 7.55. The third kappa shape index (κ3) is 3.69. The molecule has 2 aromatic rings. The van der Waals surface area contributed by atoms with Crippen molar-refractivity contribution in [2.45, 2.75) is 11.8 Å². The fraction of sp³-hybridized carbons (Fsp3) is 0.353. The first-order chi connectivity index (χ1) is 12.0. The molecule has 0 spiro atoms. The molecule has 1 aliphatic heterocycles. The lowest BCUT2D eigenvalue weighted by Crippen LogP contribution is -2.50. The van der Waals surface area contributed by atoms with E-state index < -0.39 is 10.0 Å². The molecule has 1 aliphatic rings. The van der Waals surface area contributed by atoms with Gasteiger partial charge in [-0.1, -0.05) is 0 Å². The molecule has 0 N–H and O–H groups in total. The molecular weight excluding hydrogens is 344 g/mol. The molecule has 3 rings (SSSR count). The predicted molar refractivity (Wildman–Crippen MR) is 91.0 cm³/mol. The van der Waals surface area contributed by atoms with Gasteiger partial charge in [-0.2, -0.15) is 4.31 Å². The standard InChI is InChI=1S/C17H20N2O5S/c1-2-24-15-3-5-16(6-4-15)25(21,22)19-10-8-18(9-11-19)17(20)14-7-12-23-13-14/h3-7,12-13H,2,8-11H2,1H3. The number of benzene rings is 1. The van der Waals surface area contributed by atoms with Crippen molar-refractivity contribution in [3.05, 3.63) is 48.4 Å². The van der Waals surface area contributed by atoms with E-state index in [2.05, 4.69) is 0 Å². The molecule has 0 bridgehead atoms. The Morgan fingerprint density at radius 2 is 1.80 bits per heavy atom. The maximum atomic E-state index is 12.7. The van der Waals surface area contributed by atoms with Crippen molar-refractivity contribution in [2.75, 3.05) is 32.8 Å². The molecular formula is C17H20N2O5S. The van der Waals surface area contributed by atoms with Gasteiger partial charge in [-0.25, -0.2) is 8.42 Å². The minimum absolute atomic E-state index is 0.146. The van der Waals surface area contributed by atoms with Gasteiger partial charge in [0.05, 0.1) is 23.3 Å². The normalized spacial score (nSPS) is 16.0. The Morgan fingerprint density at radius 3 is 2.36 bits per heavy atom. The first-order valence-corrected chi connectivity index (χ1v) is 9.51. The van der Waals surface area contributed by atoms with E-state index in [9.17, 15) is 13.2 Å². The van der Waals surface area contributed by atoms with Gasteiger partial charge < -0.3 is 14.1 Å². The lowest BCUT2D eigenvalue weighted by molar-refractivity contribution is 0.0697. The smallest absolute Gasteiger partial charge is 0.257 e. The Hall–Kier alpha value is -2.32. The SMILES string of the molecule is CCOc1ccc(S(=O)(=O)N2CCN(C(=O)c3ccoc3)CC2)cc1. The summed E-state index contributed by atoms with van der Waals surface area (Å²) in [6.07, 6.45) is 2.84. The van der Waals surface area contributed by atoms with E-state index in [1.807, 2.05) is 6.92 Å². The molecule has 0 radical (unpaired) electrons. The van der Waals surface area contributed by atoms with Crippen LogP contribution in [0.15, 0.2) is 52.2 Å². The van der Waals surface area contributed by atoms with Gasteiger partial charge in [-0.05, 0) is 37.3 Å². The molecule has 134 valence electrons.